The lowest BCUT2D eigenvalue weighted by Gasteiger charge is -2.24. The van der Waals surface area contributed by atoms with Crippen LogP contribution in [-0.2, 0) is 20.9 Å². The quantitative estimate of drug-likeness (QED) is 0.493. The van der Waals surface area contributed by atoms with E-state index in [0.717, 1.165) is 11.1 Å². The van der Waals surface area contributed by atoms with Crippen LogP contribution >= 0.6 is 0 Å². The second kappa shape index (κ2) is 10.4. The molecule has 1 heterocycles. The molecule has 1 aliphatic rings. The molecule has 1 aliphatic heterocycles. The Kier molecular flexibility index (Phi) is 7.10. The van der Waals surface area contributed by atoms with Gasteiger partial charge in [0.1, 0.15) is 5.82 Å². The molecule has 3 aromatic carbocycles. The van der Waals surface area contributed by atoms with Crippen LogP contribution in [0.1, 0.15) is 36.1 Å². The molecule has 1 fully saturated rings. The second-order valence-corrected chi connectivity index (χ2v) is 8.39. The van der Waals surface area contributed by atoms with Crippen molar-refractivity contribution in [1.29, 1.82) is 0 Å². The molecule has 180 valence electrons. The largest absolute Gasteiger partial charge is 0.438 e. The van der Waals surface area contributed by atoms with Gasteiger partial charge in [-0.25, -0.2) is 9.18 Å². The van der Waals surface area contributed by atoms with E-state index in [1.807, 2.05) is 31.2 Å². The summed E-state index contributed by atoms with van der Waals surface area (Å²) in [4.78, 5) is 39.4. The van der Waals surface area contributed by atoms with Gasteiger partial charge in [0.25, 0.3) is 5.91 Å². The SMILES string of the molecule is CCC(=O)Nc1ccc(C2OC(=O)N(Cc3cccc(C)c3)C2C(=O)Nc2cccc(F)c2)cc1. The highest BCUT2D eigenvalue weighted by atomic mass is 19.1. The summed E-state index contributed by atoms with van der Waals surface area (Å²) < 4.78 is 19.3. The first kappa shape index (κ1) is 23.9. The summed E-state index contributed by atoms with van der Waals surface area (Å²) in [6.07, 6.45) is -1.17. The minimum Gasteiger partial charge on any atom is -0.438 e. The van der Waals surface area contributed by atoms with Crippen LogP contribution in [0, 0.1) is 12.7 Å². The van der Waals surface area contributed by atoms with Crippen LogP contribution in [0.4, 0.5) is 20.6 Å². The van der Waals surface area contributed by atoms with Crippen molar-refractivity contribution in [2.45, 2.75) is 39.0 Å². The van der Waals surface area contributed by atoms with E-state index in [1.54, 1.807) is 37.3 Å². The zero-order valence-corrected chi connectivity index (χ0v) is 19.5. The highest BCUT2D eigenvalue weighted by Crippen LogP contribution is 2.35. The lowest BCUT2D eigenvalue weighted by Crippen LogP contribution is -2.43. The molecule has 0 radical (unpaired) electrons. The molecule has 0 bridgehead atoms. The maximum Gasteiger partial charge on any atom is 0.411 e. The van der Waals surface area contributed by atoms with E-state index in [0.29, 0.717) is 17.7 Å². The Bertz CT molecular complexity index is 1250. The minimum absolute atomic E-state index is 0.123. The normalized spacial score (nSPS) is 17.1. The number of benzene rings is 3. The number of carbonyl (C=O) groups is 3. The average Bonchev–Trinajstić information content (AvgIpc) is 3.15. The van der Waals surface area contributed by atoms with Crippen LogP contribution < -0.4 is 10.6 Å². The number of halogens is 1. The van der Waals surface area contributed by atoms with E-state index in [2.05, 4.69) is 10.6 Å². The predicted octanol–water partition coefficient (Wildman–Crippen LogP) is 5.18. The van der Waals surface area contributed by atoms with Gasteiger partial charge in [-0.1, -0.05) is 55.0 Å². The van der Waals surface area contributed by atoms with Gasteiger partial charge < -0.3 is 15.4 Å². The first-order valence-electron chi connectivity index (χ1n) is 11.3. The van der Waals surface area contributed by atoms with E-state index >= 15 is 0 Å². The summed E-state index contributed by atoms with van der Waals surface area (Å²) in [6.45, 7) is 3.87. The van der Waals surface area contributed by atoms with E-state index in [1.165, 1.54) is 23.1 Å². The minimum atomic E-state index is -0.998. The summed E-state index contributed by atoms with van der Waals surface area (Å²) in [6, 6.07) is 19.0. The lowest BCUT2D eigenvalue weighted by molar-refractivity contribution is -0.121. The molecule has 2 unspecified atom stereocenters. The highest BCUT2D eigenvalue weighted by Gasteiger charge is 2.47. The third kappa shape index (κ3) is 5.66. The van der Waals surface area contributed by atoms with Crippen molar-refractivity contribution in [2.75, 3.05) is 10.6 Å². The zero-order valence-electron chi connectivity index (χ0n) is 19.5. The first-order valence-corrected chi connectivity index (χ1v) is 11.3. The molecule has 35 heavy (non-hydrogen) atoms. The standard InChI is InChI=1S/C27H26FN3O4/c1-3-23(32)29-21-12-10-19(11-13-21)25-24(26(33)30-22-9-5-8-20(28)15-22)31(27(34)35-25)16-18-7-4-6-17(2)14-18/h4-15,24-25H,3,16H2,1-2H3,(H,29,32)(H,30,33). The number of carbonyl (C=O) groups excluding carboxylic acids is 3. The summed E-state index contributed by atoms with van der Waals surface area (Å²) >= 11 is 0. The number of aryl methyl sites for hydroxylation is 1. The van der Waals surface area contributed by atoms with Gasteiger partial charge in [-0.05, 0) is 48.4 Å². The van der Waals surface area contributed by atoms with Crippen molar-refractivity contribution in [3.8, 4) is 0 Å². The number of rotatable bonds is 7. The van der Waals surface area contributed by atoms with E-state index < -0.39 is 30.0 Å². The van der Waals surface area contributed by atoms with Crippen molar-refractivity contribution < 1.29 is 23.5 Å². The van der Waals surface area contributed by atoms with Gasteiger partial charge in [0.05, 0.1) is 6.54 Å². The van der Waals surface area contributed by atoms with Gasteiger partial charge in [-0.15, -0.1) is 0 Å². The third-order valence-electron chi connectivity index (χ3n) is 5.73. The number of amides is 3. The maximum absolute atomic E-state index is 13.7. The molecule has 0 spiro atoms. The maximum atomic E-state index is 13.7. The van der Waals surface area contributed by atoms with Crippen LogP contribution in [0.15, 0.2) is 72.8 Å². The summed E-state index contributed by atoms with van der Waals surface area (Å²) in [5.74, 6) is -1.11. The Morgan fingerprint density at radius 3 is 2.40 bits per heavy atom. The number of nitrogens with one attached hydrogen (secondary N) is 2. The van der Waals surface area contributed by atoms with Crippen LogP contribution in [0.3, 0.4) is 0 Å². The molecule has 8 heteroatoms. The van der Waals surface area contributed by atoms with E-state index in [-0.39, 0.29) is 18.1 Å². The van der Waals surface area contributed by atoms with Gasteiger partial charge in [0, 0.05) is 17.8 Å². The first-order chi connectivity index (χ1) is 16.8. The number of anilines is 2. The molecule has 2 N–H and O–H groups in total. The predicted molar refractivity (Wildman–Crippen MR) is 130 cm³/mol. The van der Waals surface area contributed by atoms with Crippen molar-refractivity contribution in [2.24, 2.45) is 0 Å². The Morgan fingerprint density at radius 2 is 1.71 bits per heavy atom. The molecule has 0 saturated carbocycles. The summed E-state index contributed by atoms with van der Waals surface area (Å²) in [5, 5.41) is 5.47. The fourth-order valence-corrected chi connectivity index (χ4v) is 4.01. The molecule has 7 nitrogen and oxygen atoms in total. The Labute approximate surface area is 202 Å². The highest BCUT2D eigenvalue weighted by molar-refractivity contribution is 5.98. The van der Waals surface area contributed by atoms with Gasteiger partial charge in [-0.3, -0.25) is 14.5 Å². The monoisotopic (exact) mass is 475 g/mol. The average molecular weight is 476 g/mol. The fourth-order valence-electron chi connectivity index (χ4n) is 4.01. The van der Waals surface area contributed by atoms with Crippen molar-refractivity contribution in [3.63, 3.8) is 0 Å². The second-order valence-electron chi connectivity index (χ2n) is 8.39. The van der Waals surface area contributed by atoms with E-state index in [9.17, 15) is 18.8 Å². The number of hydrogen-bond donors (Lipinski definition) is 2. The number of cyclic esters (lactones) is 1. The molecule has 2 atom stereocenters. The molecule has 0 aromatic heterocycles. The molecular weight excluding hydrogens is 449 g/mol. The number of ether oxygens (including phenoxy) is 1. The Balaban J connectivity index is 1.64. The summed E-state index contributed by atoms with van der Waals surface area (Å²) in [5.41, 5.74) is 3.35. The Morgan fingerprint density at radius 1 is 0.971 bits per heavy atom. The van der Waals surface area contributed by atoms with Crippen LogP contribution in [0.2, 0.25) is 0 Å². The molecular formula is C27H26FN3O4. The van der Waals surface area contributed by atoms with Gasteiger partial charge in [0.2, 0.25) is 5.91 Å². The van der Waals surface area contributed by atoms with Gasteiger partial charge >= 0.3 is 6.09 Å². The lowest BCUT2D eigenvalue weighted by atomic mass is 10.00. The zero-order chi connectivity index (χ0) is 24.9. The number of nitrogens with zero attached hydrogens (tertiary/aromatic N) is 1. The molecule has 3 aromatic rings. The molecule has 0 aliphatic carbocycles. The van der Waals surface area contributed by atoms with Crippen LogP contribution in [-0.4, -0.2) is 28.8 Å². The van der Waals surface area contributed by atoms with Crippen molar-refractivity contribution in [1.82, 2.24) is 4.90 Å². The van der Waals surface area contributed by atoms with Gasteiger partial charge in [-0.2, -0.15) is 0 Å². The molecule has 1 saturated heterocycles. The number of hydrogen-bond acceptors (Lipinski definition) is 4. The van der Waals surface area contributed by atoms with Gasteiger partial charge in [0.15, 0.2) is 12.1 Å². The Hall–Kier alpha value is -4.20. The van der Waals surface area contributed by atoms with E-state index in [4.69, 9.17) is 4.74 Å². The molecule has 3 amide bonds. The van der Waals surface area contributed by atoms with Crippen molar-refractivity contribution >= 4 is 29.3 Å². The van der Waals surface area contributed by atoms with Crippen LogP contribution in [0.5, 0.6) is 0 Å². The van der Waals surface area contributed by atoms with Crippen molar-refractivity contribution in [3.05, 3.63) is 95.3 Å². The summed E-state index contributed by atoms with van der Waals surface area (Å²) in [7, 11) is 0. The topological polar surface area (TPSA) is 87.7 Å². The third-order valence-corrected chi connectivity index (χ3v) is 5.73. The fraction of sp³-hybridized carbons (Fsp3) is 0.222. The smallest absolute Gasteiger partial charge is 0.411 e. The molecule has 4 rings (SSSR count). The van der Waals surface area contributed by atoms with Crippen LogP contribution in [0.25, 0.3) is 0 Å².